The van der Waals surface area contributed by atoms with Crippen molar-refractivity contribution in [3.63, 3.8) is 0 Å². The zero-order valence-electron chi connectivity index (χ0n) is 12.6. The van der Waals surface area contributed by atoms with E-state index in [1.165, 1.54) is 0 Å². The van der Waals surface area contributed by atoms with Gasteiger partial charge < -0.3 is 14.9 Å². The smallest absolute Gasteiger partial charge is 0.373 e. The predicted octanol–water partition coefficient (Wildman–Crippen LogP) is 3.76. The molecule has 1 atom stereocenters. The molecule has 0 spiro atoms. The van der Waals surface area contributed by atoms with E-state index < -0.39 is 38.3 Å². The second kappa shape index (κ2) is 6.09. The van der Waals surface area contributed by atoms with E-state index in [0.717, 1.165) is 18.2 Å². The van der Waals surface area contributed by atoms with Crippen LogP contribution in [0.25, 0.3) is 0 Å². The molecule has 0 heterocycles. The van der Waals surface area contributed by atoms with Gasteiger partial charge in [0.05, 0.1) is 5.56 Å². The molecule has 0 saturated carbocycles. The molecule has 1 aromatic carbocycles. The molecule has 1 rings (SSSR count). The first kappa shape index (κ1) is 19.4. The van der Waals surface area contributed by atoms with Gasteiger partial charge in [-0.25, -0.2) is 0 Å². The normalized spacial score (nSPS) is 16.4. The first-order chi connectivity index (χ1) is 9.67. The number of halogens is 3. The summed E-state index contributed by atoms with van der Waals surface area (Å²) in [5.74, 6) is 0. The maximum absolute atomic E-state index is 12.8. The minimum atomic E-state index is -5.06. The lowest BCUT2D eigenvalue weighted by Crippen LogP contribution is -2.30. The van der Waals surface area contributed by atoms with Gasteiger partial charge in [0.2, 0.25) is 0 Å². The van der Waals surface area contributed by atoms with Crippen LogP contribution >= 0.6 is 7.60 Å². The quantitative estimate of drug-likeness (QED) is 0.555. The van der Waals surface area contributed by atoms with Gasteiger partial charge in [0, 0.05) is 8.07 Å². The summed E-state index contributed by atoms with van der Waals surface area (Å²) in [5, 5.41) is 7.86. The monoisotopic (exact) mass is 356 g/mol. The maximum Gasteiger partial charge on any atom is 0.416 e. The summed E-state index contributed by atoms with van der Waals surface area (Å²) in [4.78, 5) is 19.0. The van der Waals surface area contributed by atoms with Gasteiger partial charge >= 0.3 is 13.8 Å². The van der Waals surface area contributed by atoms with Gasteiger partial charge in [-0.15, -0.1) is 0 Å². The van der Waals surface area contributed by atoms with Crippen LogP contribution in [0, 0.1) is 0 Å². The minimum Gasteiger partial charge on any atom is -0.373 e. The van der Waals surface area contributed by atoms with Crippen molar-refractivity contribution in [3.8, 4) is 0 Å². The fourth-order valence-corrected chi connectivity index (χ4v) is 4.15. The SMILES string of the molecule is C[Si](C)(C)CCC(O)(c1cccc(C(F)(F)F)c1)P(=O)(O)O. The average molecular weight is 356 g/mol. The van der Waals surface area contributed by atoms with Crippen molar-refractivity contribution in [1.29, 1.82) is 0 Å². The van der Waals surface area contributed by atoms with Gasteiger partial charge in [-0.3, -0.25) is 4.57 Å². The van der Waals surface area contributed by atoms with Crippen LogP contribution in [0.15, 0.2) is 24.3 Å². The van der Waals surface area contributed by atoms with Crippen LogP contribution in [0.3, 0.4) is 0 Å². The van der Waals surface area contributed by atoms with Gasteiger partial charge in [-0.05, 0) is 24.1 Å². The highest BCUT2D eigenvalue weighted by molar-refractivity contribution is 7.52. The first-order valence-corrected chi connectivity index (χ1v) is 11.9. The van der Waals surface area contributed by atoms with Crippen molar-refractivity contribution in [2.75, 3.05) is 0 Å². The molecule has 0 fully saturated rings. The summed E-state index contributed by atoms with van der Waals surface area (Å²) in [6, 6.07) is 3.90. The molecule has 3 N–H and O–H groups in total. The van der Waals surface area contributed by atoms with Gasteiger partial charge in [-0.1, -0.05) is 37.8 Å². The first-order valence-electron chi connectivity index (χ1n) is 6.63. The molecular weight excluding hydrogens is 336 g/mol. The molecule has 4 nitrogen and oxygen atoms in total. The Morgan fingerprint density at radius 1 is 1.14 bits per heavy atom. The summed E-state index contributed by atoms with van der Waals surface area (Å²) in [7, 11) is -6.81. The Morgan fingerprint density at radius 2 is 1.64 bits per heavy atom. The molecule has 22 heavy (non-hydrogen) atoms. The maximum atomic E-state index is 12.8. The lowest BCUT2D eigenvalue weighted by molar-refractivity contribution is -0.137. The van der Waals surface area contributed by atoms with E-state index in [1.54, 1.807) is 0 Å². The highest BCUT2D eigenvalue weighted by Crippen LogP contribution is 2.58. The fraction of sp³-hybridized carbons (Fsp3) is 0.538. The highest BCUT2D eigenvalue weighted by Gasteiger charge is 2.47. The Morgan fingerprint density at radius 3 is 2.05 bits per heavy atom. The molecule has 126 valence electrons. The van der Waals surface area contributed by atoms with Gasteiger partial charge in [0.25, 0.3) is 0 Å². The fourth-order valence-electron chi connectivity index (χ4n) is 1.95. The molecule has 0 radical (unpaired) electrons. The standard InChI is InChI=1S/C13H20F3O4PSi/c1-22(2,3)8-7-12(17,21(18,19)20)10-5-4-6-11(9-10)13(14,15)16/h4-6,9,17H,7-8H2,1-3H3,(H2,18,19,20). The molecule has 0 bridgehead atoms. The lowest BCUT2D eigenvalue weighted by atomic mass is 10.0. The van der Waals surface area contributed by atoms with E-state index >= 15 is 0 Å². The topological polar surface area (TPSA) is 77.8 Å². The average Bonchev–Trinajstić information content (AvgIpc) is 2.32. The Kier molecular flexibility index (Phi) is 5.37. The molecule has 0 amide bonds. The van der Waals surface area contributed by atoms with Gasteiger partial charge in [0.1, 0.15) is 0 Å². The minimum absolute atomic E-state index is 0.283. The molecular formula is C13H20F3O4PSi. The third-order valence-electron chi connectivity index (χ3n) is 3.36. The van der Waals surface area contributed by atoms with Crippen molar-refractivity contribution in [3.05, 3.63) is 35.4 Å². The number of rotatable bonds is 5. The molecule has 0 aromatic heterocycles. The summed E-state index contributed by atoms with van der Waals surface area (Å²) in [6.07, 6.45) is -4.93. The van der Waals surface area contributed by atoms with E-state index in [4.69, 9.17) is 0 Å². The number of hydrogen-bond acceptors (Lipinski definition) is 2. The number of alkyl halides is 3. The summed E-state index contributed by atoms with van der Waals surface area (Å²) in [5.41, 5.74) is -1.46. The molecule has 0 aliphatic heterocycles. The van der Waals surface area contributed by atoms with Crippen LogP contribution in [0.1, 0.15) is 17.5 Å². The Balaban J connectivity index is 3.32. The lowest BCUT2D eigenvalue weighted by Gasteiger charge is -2.32. The largest absolute Gasteiger partial charge is 0.416 e. The zero-order chi connectivity index (χ0) is 17.4. The van der Waals surface area contributed by atoms with E-state index in [0.29, 0.717) is 12.1 Å². The predicted molar refractivity (Wildman–Crippen MR) is 80.2 cm³/mol. The third kappa shape index (κ3) is 4.66. The van der Waals surface area contributed by atoms with E-state index in [-0.39, 0.29) is 6.42 Å². The van der Waals surface area contributed by atoms with Crippen molar-refractivity contribution in [2.24, 2.45) is 0 Å². The van der Waals surface area contributed by atoms with Crippen LogP contribution in [0.4, 0.5) is 13.2 Å². The van der Waals surface area contributed by atoms with Crippen molar-refractivity contribution in [2.45, 2.75) is 43.6 Å². The van der Waals surface area contributed by atoms with Crippen LogP contribution in [0.5, 0.6) is 0 Å². The summed E-state index contributed by atoms with van der Waals surface area (Å²) >= 11 is 0. The van der Waals surface area contributed by atoms with Crippen molar-refractivity contribution >= 4 is 15.7 Å². The van der Waals surface area contributed by atoms with Crippen LogP contribution in [-0.2, 0) is 16.1 Å². The third-order valence-corrected chi connectivity index (χ3v) is 6.55. The molecule has 0 saturated heterocycles. The molecule has 0 aliphatic carbocycles. The molecule has 9 heteroatoms. The van der Waals surface area contributed by atoms with Gasteiger partial charge in [0.15, 0.2) is 5.34 Å². The molecule has 0 aliphatic rings. The number of aliphatic hydroxyl groups is 1. The Hall–Kier alpha value is -0.663. The second-order valence-corrected chi connectivity index (χ2v) is 13.9. The highest BCUT2D eigenvalue weighted by atomic mass is 31.2. The Labute approximate surface area is 128 Å². The Bertz CT molecular complexity index is 579. The van der Waals surface area contributed by atoms with Crippen LogP contribution in [0.2, 0.25) is 25.7 Å². The van der Waals surface area contributed by atoms with E-state index in [2.05, 4.69) is 0 Å². The van der Waals surface area contributed by atoms with Gasteiger partial charge in [-0.2, -0.15) is 13.2 Å². The molecule has 1 unspecified atom stereocenters. The summed E-state index contributed by atoms with van der Waals surface area (Å²) < 4.78 is 50.0. The van der Waals surface area contributed by atoms with Crippen molar-refractivity contribution in [1.82, 2.24) is 0 Å². The van der Waals surface area contributed by atoms with E-state index in [9.17, 15) is 32.6 Å². The number of benzene rings is 1. The number of hydrogen-bond donors (Lipinski definition) is 3. The molecule has 1 aromatic rings. The zero-order valence-corrected chi connectivity index (χ0v) is 14.4. The summed E-state index contributed by atoms with van der Waals surface area (Å²) in [6.45, 7) is 5.83. The van der Waals surface area contributed by atoms with Crippen LogP contribution in [-0.4, -0.2) is 23.0 Å². The van der Waals surface area contributed by atoms with Crippen molar-refractivity contribution < 1.29 is 32.6 Å². The van der Waals surface area contributed by atoms with Crippen LogP contribution < -0.4 is 0 Å². The van der Waals surface area contributed by atoms with E-state index in [1.807, 2.05) is 19.6 Å². The second-order valence-electron chi connectivity index (χ2n) is 6.50.